The van der Waals surface area contributed by atoms with Crippen LogP contribution in [-0.4, -0.2) is 52.2 Å². The standard InChI is InChI=1S/C22H22F3N5O2/c1-2-30-9-3-4-15(12-30)27-21-18-11-26-8-7-16(18)20(28-29-21)17-6-5-14(22(23,24)25)10-19(17)32-13-31/h5-8,10-11,13,15H,2-4,9,12H2,1H3,(H,27,29)/t15-/m1/s1. The van der Waals surface area contributed by atoms with Gasteiger partial charge in [0.05, 0.1) is 5.56 Å². The van der Waals surface area contributed by atoms with Crippen LogP contribution in [0.1, 0.15) is 25.3 Å². The van der Waals surface area contributed by atoms with Crippen LogP contribution in [0.3, 0.4) is 0 Å². The van der Waals surface area contributed by atoms with Crippen molar-refractivity contribution in [2.75, 3.05) is 25.0 Å². The van der Waals surface area contributed by atoms with Crippen LogP contribution < -0.4 is 10.1 Å². The maximum atomic E-state index is 13.1. The van der Waals surface area contributed by atoms with Crippen LogP contribution in [0.25, 0.3) is 22.0 Å². The molecule has 1 fully saturated rings. The van der Waals surface area contributed by atoms with Gasteiger partial charge in [0.25, 0.3) is 6.47 Å². The van der Waals surface area contributed by atoms with Gasteiger partial charge in [-0.05, 0) is 50.2 Å². The van der Waals surface area contributed by atoms with Crippen molar-refractivity contribution in [3.63, 3.8) is 0 Å². The Bertz CT molecular complexity index is 1120. The highest BCUT2D eigenvalue weighted by atomic mass is 19.4. The quantitative estimate of drug-likeness (QED) is 0.571. The number of nitrogens with one attached hydrogen (secondary N) is 1. The summed E-state index contributed by atoms with van der Waals surface area (Å²) in [6, 6.07) is 4.86. The van der Waals surface area contributed by atoms with Gasteiger partial charge in [0.2, 0.25) is 0 Å². The number of likely N-dealkylation sites (N-methyl/N-ethyl adjacent to an activating group) is 1. The summed E-state index contributed by atoms with van der Waals surface area (Å²) in [4.78, 5) is 17.5. The summed E-state index contributed by atoms with van der Waals surface area (Å²) >= 11 is 0. The number of alkyl halides is 3. The molecule has 0 radical (unpaired) electrons. The minimum Gasteiger partial charge on any atom is -0.428 e. The first-order chi connectivity index (χ1) is 15.4. The van der Waals surface area contributed by atoms with Crippen molar-refractivity contribution in [1.82, 2.24) is 20.1 Å². The molecule has 3 aromatic rings. The fraction of sp³-hybridized carbons (Fsp3) is 0.364. The largest absolute Gasteiger partial charge is 0.428 e. The molecule has 0 amide bonds. The van der Waals surface area contributed by atoms with E-state index in [0.29, 0.717) is 22.3 Å². The Balaban J connectivity index is 1.75. The Hall–Kier alpha value is -3.27. The zero-order valence-corrected chi connectivity index (χ0v) is 17.4. The first-order valence-electron chi connectivity index (χ1n) is 10.3. The van der Waals surface area contributed by atoms with Gasteiger partial charge in [-0.2, -0.15) is 13.2 Å². The molecule has 1 aliphatic rings. The molecule has 1 atom stereocenters. The molecular weight excluding hydrogens is 423 g/mol. The Labute approximate surface area is 182 Å². The van der Waals surface area contributed by atoms with Crippen molar-refractivity contribution in [3.8, 4) is 17.0 Å². The number of fused-ring (bicyclic) bond motifs is 1. The van der Waals surface area contributed by atoms with Gasteiger partial charge >= 0.3 is 6.18 Å². The third-order valence-electron chi connectivity index (χ3n) is 5.61. The summed E-state index contributed by atoms with van der Waals surface area (Å²) < 4.78 is 44.3. The predicted octanol–water partition coefficient (Wildman–Crippen LogP) is 4.14. The van der Waals surface area contributed by atoms with Crippen molar-refractivity contribution in [2.45, 2.75) is 32.0 Å². The Morgan fingerprint density at radius 2 is 2.09 bits per heavy atom. The summed E-state index contributed by atoms with van der Waals surface area (Å²) in [5.74, 6) is 0.318. The van der Waals surface area contributed by atoms with Gasteiger partial charge in [-0.15, -0.1) is 10.2 Å². The van der Waals surface area contributed by atoms with E-state index in [1.165, 1.54) is 6.07 Å². The van der Waals surface area contributed by atoms with E-state index in [1.54, 1.807) is 18.5 Å². The van der Waals surface area contributed by atoms with Crippen LogP contribution in [0, 0.1) is 0 Å². The van der Waals surface area contributed by atoms with E-state index in [1.807, 2.05) is 0 Å². The molecule has 1 aliphatic heterocycles. The number of hydrogen-bond acceptors (Lipinski definition) is 7. The molecule has 1 N–H and O–H groups in total. The number of ether oxygens (including phenoxy) is 1. The van der Waals surface area contributed by atoms with E-state index >= 15 is 0 Å². The molecule has 0 saturated carbocycles. The Morgan fingerprint density at radius 3 is 2.84 bits per heavy atom. The number of aromatic nitrogens is 3. The third kappa shape index (κ3) is 4.50. The smallest absolute Gasteiger partial charge is 0.416 e. The predicted molar refractivity (Wildman–Crippen MR) is 113 cm³/mol. The van der Waals surface area contributed by atoms with E-state index in [-0.39, 0.29) is 23.8 Å². The van der Waals surface area contributed by atoms with Crippen LogP contribution >= 0.6 is 0 Å². The normalized spacial score (nSPS) is 17.3. The number of piperidine rings is 1. The van der Waals surface area contributed by atoms with Crippen molar-refractivity contribution in [3.05, 3.63) is 42.2 Å². The second-order valence-electron chi connectivity index (χ2n) is 7.62. The molecule has 3 heterocycles. The summed E-state index contributed by atoms with van der Waals surface area (Å²) in [5, 5.41) is 13.4. The van der Waals surface area contributed by atoms with Crippen LogP contribution in [0.15, 0.2) is 36.7 Å². The van der Waals surface area contributed by atoms with Gasteiger partial charge in [0.1, 0.15) is 11.4 Å². The third-order valence-corrected chi connectivity index (χ3v) is 5.61. The van der Waals surface area contributed by atoms with Crippen LogP contribution in [0.5, 0.6) is 5.75 Å². The average molecular weight is 445 g/mol. The number of carbonyl (C=O) groups is 1. The van der Waals surface area contributed by atoms with Gasteiger partial charge in [-0.25, -0.2) is 0 Å². The molecular formula is C22H22F3N5O2. The molecule has 2 aromatic heterocycles. The molecule has 0 aliphatic carbocycles. The number of likely N-dealkylation sites (tertiary alicyclic amines) is 1. The molecule has 32 heavy (non-hydrogen) atoms. The van der Waals surface area contributed by atoms with E-state index in [0.717, 1.165) is 44.6 Å². The molecule has 168 valence electrons. The van der Waals surface area contributed by atoms with Crippen LogP contribution in [0.4, 0.5) is 19.0 Å². The summed E-state index contributed by atoms with van der Waals surface area (Å²) in [7, 11) is 0. The van der Waals surface area contributed by atoms with Gasteiger partial charge in [-0.1, -0.05) is 6.92 Å². The number of nitrogens with zero attached hydrogens (tertiary/aromatic N) is 4. The van der Waals surface area contributed by atoms with Crippen molar-refractivity contribution < 1.29 is 22.7 Å². The molecule has 10 heteroatoms. The van der Waals surface area contributed by atoms with Gasteiger partial charge < -0.3 is 15.0 Å². The van der Waals surface area contributed by atoms with Crippen molar-refractivity contribution in [2.24, 2.45) is 0 Å². The van der Waals surface area contributed by atoms with E-state index in [9.17, 15) is 18.0 Å². The highest BCUT2D eigenvalue weighted by Gasteiger charge is 2.32. The zero-order valence-electron chi connectivity index (χ0n) is 17.4. The second-order valence-corrected chi connectivity index (χ2v) is 7.62. The Morgan fingerprint density at radius 1 is 1.25 bits per heavy atom. The molecule has 4 rings (SSSR count). The highest BCUT2D eigenvalue weighted by molar-refractivity contribution is 6.00. The van der Waals surface area contributed by atoms with E-state index in [2.05, 4.69) is 32.3 Å². The Kier molecular flexibility index (Phi) is 6.22. The zero-order chi connectivity index (χ0) is 22.7. The number of hydrogen-bond donors (Lipinski definition) is 1. The average Bonchev–Trinajstić information content (AvgIpc) is 2.79. The maximum Gasteiger partial charge on any atom is 0.416 e. The van der Waals surface area contributed by atoms with E-state index in [4.69, 9.17) is 4.74 Å². The van der Waals surface area contributed by atoms with Crippen molar-refractivity contribution >= 4 is 23.1 Å². The van der Waals surface area contributed by atoms with Gasteiger partial charge in [0, 0.05) is 41.3 Å². The number of rotatable bonds is 6. The minimum absolute atomic E-state index is 0.0919. The first kappa shape index (κ1) is 21.9. The molecule has 1 saturated heterocycles. The summed E-state index contributed by atoms with van der Waals surface area (Å²) in [6.07, 6.45) is 0.710. The maximum absolute atomic E-state index is 13.1. The highest BCUT2D eigenvalue weighted by Crippen LogP contribution is 2.39. The number of carbonyl (C=O) groups excluding carboxylic acids is 1. The SMILES string of the molecule is CCN1CCC[C@@H](Nc2nnc(-c3ccc(C(F)(F)F)cc3OC=O)c3ccncc23)C1. The molecule has 7 nitrogen and oxygen atoms in total. The monoisotopic (exact) mass is 445 g/mol. The lowest BCUT2D eigenvalue weighted by Crippen LogP contribution is -2.42. The number of benzene rings is 1. The summed E-state index contributed by atoms with van der Waals surface area (Å²) in [5.41, 5.74) is -0.388. The number of halogens is 3. The number of anilines is 1. The topological polar surface area (TPSA) is 80.2 Å². The van der Waals surface area contributed by atoms with Crippen LogP contribution in [0.2, 0.25) is 0 Å². The molecule has 0 unspecified atom stereocenters. The van der Waals surface area contributed by atoms with Crippen LogP contribution in [-0.2, 0) is 11.0 Å². The fourth-order valence-electron chi connectivity index (χ4n) is 4.00. The molecule has 0 bridgehead atoms. The van der Waals surface area contributed by atoms with Gasteiger partial charge in [0.15, 0.2) is 5.82 Å². The summed E-state index contributed by atoms with van der Waals surface area (Å²) in [6.45, 7) is 5.14. The first-order valence-corrected chi connectivity index (χ1v) is 10.3. The second kappa shape index (κ2) is 9.07. The lowest BCUT2D eigenvalue weighted by Gasteiger charge is -2.32. The molecule has 1 aromatic carbocycles. The van der Waals surface area contributed by atoms with Gasteiger partial charge in [-0.3, -0.25) is 9.78 Å². The lowest BCUT2D eigenvalue weighted by atomic mass is 10.0. The van der Waals surface area contributed by atoms with E-state index < -0.39 is 11.7 Å². The van der Waals surface area contributed by atoms with Crippen molar-refractivity contribution in [1.29, 1.82) is 0 Å². The molecule has 0 spiro atoms. The lowest BCUT2D eigenvalue weighted by molar-refractivity contribution is -0.138. The minimum atomic E-state index is -4.57. The fourth-order valence-corrected chi connectivity index (χ4v) is 4.00. The number of pyridine rings is 1.